The lowest BCUT2D eigenvalue weighted by atomic mass is 9.89. The van der Waals surface area contributed by atoms with Gasteiger partial charge in [-0.15, -0.1) is 0 Å². The molecule has 1 saturated carbocycles. The van der Waals surface area contributed by atoms with Gasteiger partial charge in [0.1, 0.15) is 0 Å². The Labute approximate surface area is 103 Å². The molecule has 0 heterocycles. The minimum absolute atomic E-state index is 0.232. The van der Waals surface area contributed by atoms with Crippen LogP contribution < -0.4 is 5.73 Å². The zero-order chi connectivity index (χ0) is 12.3. The van der Waals surface area contributed by atoms with E-state index < -0.39 is 0 Å². The third kappa shape index (κ3) is 2.79. The van der Waals surface area contributed by atoms with Gasteiger partial charge in [0.05, 0.1) is 6.61 Å². The summed E-state index contributed by atoms with van der Waals surface area (Å²) in [6, 6.07) is 9.07. The number of nitrogens with two attached hydrogens (primary N) is 1. The van der Waals surface area contributed by atoms with Crippen molar-refractivity contribution in [3.05, 3.63) is 29.8 Å². The van der Waals surface area contributed by atoms with E-state index in [1.54, 1.807) is 0 Å². The van der Waals surface area contributed by atoms with Crippen LogP contribution in [0.5, 0.6) is 0 Å². The monoisotopic (exact) mass is 234 g/mol. The van der Waals surface area contributed by atoms with E-state index in [0.29, 0.717) is 12.1 Å². The van der Waals surface area contributed by atoms with E-state index in [0.717, 1.165) is 12.2 Å². The van der Waals surface area contributed by atoms with Crippen molar-refractivity contribution in [3.63, 3.8) is 0 Å². The molecule has 0 saturated heterocycles. The molecule has 2 rings (SSSR count). The van der Waals surface area contributed by atoms with Crippen LogP contribution in [-0.2, 0) is 0 Å². The predicted molar refractivity (Wildman–Crippen MR) is 70.7 cm³/mol. The lowest BCUT2D eigenvalue weighted by Gasteiger charge is -2.41. The molecule has 0 spiro atoms. The Morgan fingerprint density at radius 1 is 1.35 bits per heavy atom. The second-order valence-electron chi connectivity index (χ2n) is 4.89. The van der Waals surface area contributed by atoms with Crippen molar-refractivity contribution in [2.24, 2.45) is 0 Å². The molecule has 17 heavy (non-hydrogen) atoms. The average molecular weight is 234 g/mol. The van der Waals surface area contributed by atoms with Gasteiger partial charge in [-0.1, -0.05) is 18.6 Å². The largest absolute Gasteiger partial charge is 0.399 e. The summed E-state index contributed by atoms with van der Waals surface area (Å²) < 4.78 is 0. The zero-order valence-corrected chi connectivity index (χ0v) is 10.5. The van der Waals surface area contributed by atoms with Crippen molar-refractivity contribution in [3.8, 4) is 0 Å². The number of aliphatic hydroxyl groups is 1. The molecule has 94 valence electrons. The van der Waals surface area contributed by atoms with E-state index in [2.05, 4.69) is 24.0 Å². The van der Waals surface area contributed by atoms with Crippen molar-refractivity contribution in [2.75, 3.05) is 18.9 Å². The second-order valence-corrected chi connectivity index (χ2v) is 4.89. The second kappa shape index (κ2) is 5.52. The molecule has 1 aromatic rings. The minimum atomic E-state index is 0.232. The van der Waals surface area contributed by atoms with Gasteiger partial charge < -0.3 is 10.8 Å². The molecule has 3 N–H and O–H groups in total. The van der Waals surface area contributed by atoms with Gasteiger partial charge in [-0.25, -0.2) is 0 Å². The summed E-state index contributed by atoms with van der Waals surface area (Å²) in [6.07, 6.45) is 3.85. The zero-order valence-electron chi connectivity index (χ0n) is 10.5. The fraction of sp³-hybridized carbons (Fsp3) is 0.571. The molecule has 1 atom stereocenters. The summed E-state index contributed by atoms with van der Waals surface area (Å²) in [5.74, 6) is 0. The van der Waals surface area contributed by atoms with Crippen molar-refractivity contribution in [2.45, 2.75) is 38.3 Å². The summed E-state index contributed by atoms with van der Waals surface area (Å²) in [5.41, 5.74) is 7.79. The summed E-state index contributed by atoms with van der Waals surface area (Å²) in [4.78, 5) is 2.41. The number of rotatable bonds is 5. The van der Waals surface area contributed by atoms with Gasteiger partial charge in [0, 0.05) is 24.3 Å². The highest BCUT2D eigenvalue weighted by Crippen LogP contribution is 2.32. The number of nitrogen functional groups attached to an aromatic ring is 1. The molecule has 1 fully saturated rings. The number of nitrogens with zero attached hydrogens (tertiary/aromatic N) is 1. The van der Waals surface area contributed by atoms with E-state index in [4.69, 9.17) is 5.73 Å². The third-order valence-electron chi connectivity index (χ3n) is 3.82. The molecule has 1 aliphatic rings. The van der Waals surface area contributed by atoms with Gasteiger partial charge in [0.25, 0.3) is 0 Å². The van der Waals surface area contributed by atoms with E-state index in [-0.39, 0.29) is 6.61 Å². The fourth-order valence-corrected chi connectivity index (χ4v) is 2.49. The number of aliphatic hydroxyl groups excluding tert-OH is 1. The first-order valence-electron chi connectivity index (χ1n) is 6.44. The SMILES string of the molecule is CC(c1ccc(N)cc1)N(CCO)C1CCC1. The van der Waals surface area contributed by atoms with Crippen LogP contribution in [0, 0.1) is 0 Å². The van der Waals surface area contributed by atoms with Crippen LogP contribution in [0.1, 0.15) is 37.8 Å². The summed E-state index contributed by atoms with van der Waals surface area (Å²) in [6.45, 7) is 3.20. The van der Waals surface area contributed by atoms with E-state index in [9.17, 15) is 5.11 Å². The van der Waals surface area contributed by atoms with Crippen LogP contribution in [0.3, 0.4) is 0 Å². The highest BCUT2D eigenvalue weighted by atomic mass is 16.3. The van der Waals surface area contributed by atoms with Gasteiger partial charge >= 0.3 is 0 Å². The van der Waals surface area contributed by atoms with Crippen LogP contribution in [0.4, 0.5) is 5.69 Å². The number of hydrogen-bond donors (Lipinski definition) is 2. The van der Waals surface area contributed by atoms with E-state index >= 15 is 0 Å². The molecule has 1 unspecified atom stereocenters. The molecule has 3 heteroatoms. The fourth-order valence-electron chi connectivity index (χ4n) is 2.49. The van der Waals surface area contributed by atoms with Crippen molar-refractivity contribution >= 4 is 5.69 Å². The van der Waals surface area contributed by atoms with Crippen molar-refractivity contribution in [1.82, 2.24) is 4.90 Å². The number of hydrogen-bond acceptors (Lipinski definition) is 3. The quantitative estimate of drug-likeness (QED) is 0.768. The van der Waals surface area contributed by atoms with Gasteiger partial charge in [-0.3, -0.25) is 4.90 Å². The average Bonchev–Trinajstić information content (AvgIpc) is 2.26. The normalized spacial score (nSPS) is 18.1. The topological polar surface area (TPSA) is 49.5 Å². The molecule has 1 aromatic carbocycles. The lowest BCUT2D eigenvalue weighted by Crippen LogP contribution is -2.43. The Bertz CT molecular complexity index is 346. The Morgan fingerprint density at radius 2 is 2.00 bits per heavy atom. The molecule has 1 aliphatic carbocycles. The molecule has 3 nitrogen and oxygen atoms in total. The maximum atomic E-state index is 9.18. The highest BCUT2D eigenvalue weighted by Gasteiger charge is 2.28. The van der Waals surface area contributed by atoms with Crippen LogP contribution in [0.15, 0.2) is 24.3 Å². The van der Waals surface area contributed by atoms with Crippen molar-refractivity contribution < 1.29 is 5.11 Å². The van der Waals surface area contributed by atoms with Gasteiger partial charge in [-0.2, -0.15) is 0 Å². The van der Waals surface area contributed by atoms with Gasteiger partial charge in [-0.05, 0) is 37.5 Å². The molecule has 0 aromatic heterocycles. The Kier molecular flexibility index (Phi) is 4.02. The molecule has 0 bridgehead atoms. The molecule has 0 aliphatic heterocycles. The predicted octanol–water partition coefficient (Wildman–Crippen LogP) is 2.18. The third-order valence-corrected chi connectivity index (χ3v) is 3.82. The maximum Gasteiger partial charge on any atom is 0.0558 e. The summed E-state index contributed by atoms with van der Waals surface area (Å²) >= 11 is 0. The molecular weight excluding hydrogens is 212 g/mol. The first kappa shape index (κ1) is 12.4. The van der Waals surface area contributed by atoms with Crippen LogP contribution in [-0.4, -0.2) is 29.2 Å². The number of anilines is 1. The summed E-state index contributed by atoms with van der Waals surface area (Å²) in [5, 5.41) is 9.18. The Balaban J connectivity index is 2.09. The molecule has 0 amide bonds. The Morgan fingerprint density at radius 3 is 2.47 bits per heavy atom. The molecular formula is C14H22N2O. The van der Waals surface area contributed by atoms with E-state index in [1.807, 2.05) is 12.1 Å². The standard InChI is InChI=1S/C14H22N2O/c1-11(12-5-7-13(15)8-6-12)16(9-10-17)14-3-2-4-14/h5-8,11,14,17H,2-4,9-10,15H2,1H3. The van der Waals surface area contributed by atoms with Gasteiger partial charge in [0.15, 0.2) is 0 Å². The molecule has 0 radical (unpaired) electrons. The van der Waals surface area contributed by atoms with Crippen LogP contribution >= 0.6 is 0 Å². The van der Waals surface area contributed by atoms with Gasteiger partial charge in [0.2, 0.25) is 0 Å². The smallest absolute Gasteiger partial charge is 0.0558 e. The highest BCUT2D eigenvalue weighted by molar-refractivity contribution is 5.40. The van der Waals surface area contributed by atoms with Crippen LogP contribution in [0.2, 0.25) is 0 Å². The number of benzene rings is 1. The minimum Gasteiger partial charge on any atom is -0.399 e. The van der Waals surface area contributed by atoms with Crippen LogP contribution in [0.25, 0.3) is 0 Å². The van der Waals surface area contributed by atoms with Crippen molar-refractivity contribution in [1.29, 1.82) is 0 Å². The summed E-state index contributed by atoms with van der Waals surface area (Å²) in [7, 11) is 0. The first-order valence-corrected chi connectivity index (χ1v) is 6.44. The van der Waals surface area contributed by atoms with E-state index in [1.165, 1.54) is 24.8 Å². The first-order chi connectivity index (χ1) is 8.22. The Hall–Kier alpha value is -1.06. The maximum absolute atomic E-state index is 9.18. The lowest BCUT2D eigenvalue weighted by molar-refractivity contribution is 0.0663.